The molecule has 3 aromatic rings. The zero-order valence-corrected chi connectivity index (χ0v) is 11.3. The average Bonchev–Trinajstić information content (AvgIpc) is 2.53. The summed E-state index contributed by atoms with van der Waals surface area (Å²) in [6.07, 6.45) is -1.42. The number of hydrogen-bond donors (Lipinski definition) is 1. The molecule has 1 atom stereocenters. The van der Waals surface area contributed by atoms with Crippen molar-refractivity contribution in [3.8, 4) is 0 Å². The Morgan fingerprint density at radius 1 is 0.952 bits per heavy atom. The van der Waals surface area contributed by atoms with Crippen molar-refractivity contribution in [2.75, 3.05) is 0 Å². The topological polar surface area (TPSA) is 65.2 Å². The van der Waals surface area contributed by atoms with Gasteiger partial charge in [-0.3, -0.25) is 0 Å². The molecule has 1 heterocycles. The largest absolute Gasteiger partial charge is 0.435 e. The van der Waals surface area contributed by atoms with Crippen LogP contribution in [0.3, 0.4) is 0 Å². The summed E-state index contributed by atoms with van der Waals surface area (Å²) < 4.78 is 5.25. The molecule has 0 aliphatic heterocycles. The molecular weight excluding hydrogens is 264 g/mol. The number of nitrogens with zero attached hydrogens (tertiary/aromatic N) is 1. The summed E-state index contributed by atoms with van der Waals surface area (Å²) in [6, 6.07) is 21.0. The Bertz CT molecular complexity index is 772. The number of rotatable bonds is 3. The maximum absolute atomic E-state index is 11.2. The van der Waals surface area contributed by atoms with Gasteiger partial charge in [-0.25, -0.2) is 9.78 Å². The van der Waals surface area contributed by atoms with Gasteiger partial charge in [0.05, 0.1) is 11.2 Å². The van der Waals surface area contributed by atoms with E-state index in [1.165, 1.54) is 0 Å². The van der Waals surface area contributed by atoms with E-state index in [1.807, 2.05) is 66.7 Å². The number of carbonyl (C=O) groups is 1. The number of amides is 1. The molecule has 0 aliphatic carbocycles. The SMILES string of the molecule is NC(=O)OC(c1ccccc1)c1ccc2ccccc2n1. The van der Waals surface area contributed by atoms with Crippen LogP contribution in [0.4, 0.5) is 4.79 Å². The fraction of sp³-hybridized carbons (Fsp3) is 0.0588. The van der Waals surface area contributed by atoms with Gasteiger partial charge in [0, 0.05) is 5.39 Å². The predicted molar refractivity (Wildman–Crippen MR) is 80.7 cm³/mol. The van der Waals surface area contributed by atoms with Crippen LogP contribution in [0, 0.1) is 0 Å². The lowest BCUT2D eigenvalue weighted by atomic mass is 10.0. The predicted octanol–water partition coefficient (Wildman–Crippen LogP) is 3.42. The Kier molecular flexibility index (Phi) is 3.51. The smallest absolute Gasteiger partial charge is 0.405 e. The van der Waals surface area contributed by atoms with Crippen molar-refractivity contribution < 1.29 is 9.53 Å². The molecule has 0 bridgehead atoms. The number of aromatic nitrogens is 1. The normalized spacial score (nSPS) is 12.0. The number of carbonyl (C=O) groups excluding carboxylic acids is 1. The Morgan fingerprint density at radius 2 is 1.67 bits per heavy atom. The molecule has 1 amide bonds. The van der Waals surface area contributed by atoms with Crippen LogP contribution < -0.4 is 5.73 Å². The number of primary amides is 1. The average molecular weight is 278 g/mol. The minimum atomic E-state index is -0.821. The molecule has 1 aromatic heterocycles. The number of nitrogens with two attached hydrogens (primary N) is 1. The summed E-state index contributed by atoms with van der Waals surface area (Å²) in [6.45, 7) is 0. The van der Waals surface area contributed by atoms with Crippen LogP contribution in [0.1, 0.15) is 17.4 Å². The first kappa shape index (κ1) is 13.1. The molecule has 2 N–H and O–H groups in total. The second kappa shape index (κ2) is 5.63. The summed E-state index contributed by atoms with van der Waals surface area (Å²) in [4.78, 5) is 15.8. The van der Waals surface area contributed by atoms with Crippen LogP contribution in [0.15, 0.2) is 66.7 Å². The number of pyridine rings is 1. The molecule has 1 unspecified atom stereocenters. The lowest BCUT2D eigenvalue weighted by Gasteiger charge is -2.17. The van der Waals surface area contributed by atoms with Crippen molar-refractivity contribution in [1.82, 2.24) is 4.98 Å². The first-order chi connectivity index (χ1) is 10.2. The van der Waals surface area contributed by atoms with Crippen LogP contribution >= 0.6 is 0 Å². The molecule has 21 heavy (non-hydrogen) atoms. The van der Waals surface area contributed by atoms with Gasteiger partial charge in [-0.2, -0.15) is 0 Å². The van der Waals surface area contributed by atoms with Crippen molar-refractivity contribution in [2.24, 2.45) is 5.73 Å². The molecular formula is C17H14N2O2. The van der Waals surface area contributed by atoms with E-state index in [9.17, 15) is 4.79 Å². The Morgan fingerprint density at radius 3 is 2.43 bits per heavy atom. The molecule has 104 valence electrons. The summed E-state index contributed by atoms with van der Waals surface area (Å²) in [7, 11) is 0. The zero-order valence-electron chi connectivity index (χ0n) is 11.3. The van der Waals surface area contributed by atoms with E-state index < -0.39 is 12.2 Å². The molecule has 3 rings (SSSR count). The quantitative estimate of drug-likeness (QED) is 0.798. The van der Waals surface area contributed by atoms with Gasteiger partial charge >= 0.3 is 6.09 Å². The third-order valence-corrected chi connectivity index (χ3v) is 3.22. The maximum atomic E-state index is 11.2. The number of benzene rings is 2. The molecule has 0 radical (unpaired) electrons. The third-order valence-electron chi connectivity index (χ3n) is 3.22. The molecule has 4 nitrogen and oxygen atoms in total. The Labute approximate surface area is 122 Å². The summed E-state index contributed by atoms with van der Waals surface area (Å²) in [5.74, 6) is 0. The zero-order chi connectivity index (χ0) is 14.7. The van der Waals surface area contributed by atoms with Crippen LogP contribution in [0.5, 0.6) is 0 Å². The highest BCUT2D eigenvalue weighted by atomic mass is 16.6. The van der Waals surface area contributed by atoms with Gasteiger partial charge in [-0.05, 0) is 17.7 Å². The standard InChI is InChI=1S/C17H14N2O2/c18-17(20)21-16(13-7-2-1-3-8-13)15-11-10-12-6-4-5-9-14(12)19-15/h1-11,16H,(H2,18,20). The lowest BCUT2D eigenvalue weighted by molar-refractivity contribution is 0.124. The fourth-order valence-electron chi connectivity index (χ4n) is 2.27. The molecule has 2 aromatic carbocycles. The monoisotopic (exact) mass is 278 g/mol. The number of ether oxygens (including phenoxy) is 1. The third kappa shape index (κ3) is 2.84. The highest BCUT2D eigenvalue weighted by molar-refractivity contribution is 5.78. The number of hydrogen-bond acceptors (Lipinski definition) is 3. The van der Waals surface area contributed by atoms with Crippen molar-refractivity contribution in [2.45, 2.75) is 6.10 Å². The van der Waals surface area contributed by atoms with E-state index in [4.69, 9.17) is 10.5 Å². The van der Waals surface area contributed by atoms with Crippen molar-refractivity contribution in [3.63, 3.8) is 0 Å². The first-order valence-electron chi connectivity index (χ1n) is 6.61. The summed E-state index contributed by atoms with van der Waals surface area (Å²) in [5, 5.41) is 1.03. The second-order valence-electron chi connectivity index (χ2n) is 4.66. The Hall–Kier alpha value is -2.88. The highest BCUT2D eigenvalue weighted by Gasteiger charge is 2.19. The number of para-hydroxylation sites is 1. The molecule has 0 saturated heterocycles. The summed E-state index contributed by atoms with van der Waals surface area (Å²) in [5.41, 5.74) is 7.53. The van der Waals surface area contributed by atoms with Gasteiger partial charge in [-0.15, -0.1) is 0 Å². The van der Waals surface area contributed by atoms with Crippen LogP contribution in [-0.2, 0) is 4.74 Å². The van der Waals surface area contributed by atoms with Gasteiger partial charge in [0.1, 0.15) is 0 Å². The Balaban J connectivity index is 2.07. The van der Waals surface area contributed by atoms with Gasteiger partial charge in [0.15, 0.2) is 6.10 Å². The highest BCUT2D eigenvalue weighted by Crippen LogP contribution is 2.26. The first-order valence-corrected chi connectivity index (χ1v) is 6.61. The van der Waals surface area contributed by atoms with Crippen molar-refractivity contribution >= 4 is 17.0 Å². The van der Waals surface area contributed by atoms with E-state index in [-0.39, 0.29) is 0 Å². The van der Waals surface area contributed by atoms with Gasteiger partial charge in [0.25, 0.3) is 0 Å². The van der Waals surface area contributed by atoms with Crippen molar-refractivity contribution in [1.29, 1.82) is 0 Å². The minimum absolute atomic E-state index is 0.603. The van der Waals surface area contributed by atoms with E-state index in [2.05, 4.69) is 4.98 Å². The van der Waals surface area contributed by atoms with Gasteiger partial charge in [0.2, 0.25) is 0 Å². The molecule has 0 spiro atoms. The van der Waals surface area contributed by atoms with Gasteiger partial charge in [-0.1, -0.05) is 54.6 Å². The maximum Gasteiger partial charge on any atom is 0.405 e. The van der Waals surface area contributed by atoms with E-state index >= 15 is 0 Å². The lowest BCUT2D eigenvalue weighted by Crippen LogP contribution is -2.19. The molecule has 0 aliphatic rings. The van der Waals surface area contributed by atoms with Crippen molar-refractivity contribution in [3.05, 3.63) is 78.0 Å². The van der Waals surface area contributed by atoms with Crippen LogP contribution in [0.25, 0.3) is 10.9 Å². The molecule has 0 saturated carbocycles. The van der Waals surface area contributed by atoms with E-state index in [1.54, 1.807) is 0 Å². The molecule has 0 fully saturated rings. The van der Waals surface area contributed by atoms with Gasteiger partial charge < -0.3 is 10.5 Å². The minimum Gasteiger partial charge on any atom is -0.435 e. The fourth-order valence-corrected chi connectivity index (χ4v) is 2.27. The van der Waals surface area contributed by atoms with Crippen LogP contribution in [0.2, 0.25) is 0 Å². The number of fused-ring (bicyclic) bond motifs is 1. The second-order valence-corrected chi connectivity index (χ2v) is 4.66. The van der Waals surface area contributed by atoms with E-state index in [0.29, 0.717) is 5.69 Å². The molecule has 4 heteroatoms. The van der Waals surface area contributed by atoms with E-state index in [0.717, 1.165) is 16.5 Å². The van der Waals surface area contributed by atoms with Crippen LogP contribution in [-0.4, -0.2) is 11.1 Å². The summed E-state index contributed by atoms with van der Waals surface area (Å²) >= 11 is 0.